The molecule has 0 aliphatic carbocycles. The number of ether oxygens (including phenoxy) is 5. The molecule has 3 atom stereocenters. The minimum atomic E-state index is -1.38. The van der Waals surface area contributed by atoms with Crippen molar-refractivity contribution in [3.63, 3.8) is 0 Å². The lowest BCUT2D eigenvalue weighted by Crippen LogP contribution is -2.38. The molecule has 0 aromatic heterocycles. The number of carboxylic acids is 1. The molecule has 1 aromatic carbocycles. The molecule has 0 spiro atoms. The maximum Gasteiger partial charge on any atom is 0.513 e. The number of aliphatic carboxylic acids is 1. The maximum atomic E-state index is 12.3. The van der Waals surface area contributed by atoms with Gasteiger partial charge in [-0.05, 0) is 48.3 Å². The fraction of sp³-hybridized carbons (Fsp3) is 0.643. The van der Waals surface area contributed by atoms with Gasteiger partial charge in [-0.1, -0.05) is 54.5 Å². The Hall–Kier alpha value is -3.34. The van der Waals surface area contributed by atoms with E-state index in [1.54, 1.807) is 6.92 Å². The fourth-order valence-corrected chi connectivity index (χ4v) is 3.39. The van der Waals surface area contributed by atoms with Crippen LogP contribution in [0.15, 0.2) is 18.2 Å². The molecule has 0 radical (unpaired) electrons. The summed E-state index contributed by atoms with van der Waals surface area (Å²) < 4.78 is 26.2. The highest BCUT2D eigenvalue weighted by Gasteiger charge is 2.31. The lowest BCUT2D eigenvalue weighted by molar-refractivity contribution is -0.150. The molecule has 11 nitrogen and oxygen atoms in total. The van der Waals surface area contributed by atoms with Crippen molar-refractivity contribution in [2.75, 3.05) is 13.2 Å². The van der Waals surface area contributed by atoms with Crippen molar-refractivity contribution in [3.8, 4) is 11.5 Å². The number of carboxylic acid groups (broad SMARTS) is 1. The van der Waals surface area contributed by atoms with E-state index in [0.717, 1.165) is 0 Å². The third-order valence-corrected chi connectivity index (χ3v) is 5.16. The van der Waals surface area contributed by atoms with Crippen LogP contribution in [-0.2, 0) is 23.8 Å². The second-order valence-corrected chi connectivity index (χ2v) is 11.6. The Balaban J connectivity index is 3.30. The van der Waals surface area contributed by atoms with Gasteiger partial charge in [0.2, 0.25) is 0 Å². The molecule has 3 N–H and O–H groups in total. The topological polar surface area (TPSA) is 161 Å². The van der Waals surface area contributed by atoms with Crippen LogP contribution in [0.3, 0.4) is 0 Å². The molecular formula is C28H43NO10. The molecule has 0 bridgehead atoms. The highest BCUT2D eigenvalue weighted by Crippen LogP contribution is 2.35. The molecule has 11 heteroatoms. The Bertz CT molecular complexity index is 983. The molecule has 0 aliphatic rings. The highest BCUT2D eigenvalue weighted by molar-refractivity contribution is 5.75. The molecule has 0 amide bonds. The molecule has 1 aromatic rings. The van der Waals surface area contributed by atoms with Gasteiger partial charge in [0.05, 0.1) is 25.7 Å². The van der Waals surface area contributed by atoms with Crippen molar-refractivity contribution in [2.45, 2.75) is 86.3 Å². The molecule has 0 fully saturated rings. The predicted molar refractivity (Wildman–Crippen MR) is 143 cm³/mol. The molecule has 0 aliphatic heterocycles. The molecule has 2 unspecified atom stereocenters. The second-order valence-electron chi connectivity index (χ2n) is 11.6. The Labute approximate surface area is 230 Å². The summed E-state index contributed by atoms with van der Waals surface area (Å²) in [7, 11) is 0. The quantitative estimate of drug-likeness (QED) is 0.186. The number of hydrogen-bond acceptors (Lipinski definition) is 10. The smallest absolute Gasteiger partial charge is 0.480 e. The standard InChI is InChI=1S/C28H43NO10/c1-16(2)14-35-26(33)38-21-10-9-19(12-22(21)39-27(34)36-15-17(3)4)20(24(29)25(31)32)11-18(5)37-23(30)13-28(6,7)8/h9-10,12,16-18,20,24H,11,13-15,29H2,1-8H3,(H,31,32)/t18?,20?,24-/m0/s1. The zero-order valence-electron chi connectivity index (χ0n) is 24.1. The summed E-state index contributed by atoms with van der Waals surface area (Å²) in [5.41, 5.74) is 6.09. The maximum absolute atomic E-state index is 12.3. The van der Waals surface area contributed by atoms with Gasteiger partial charge in [0.25, 0.3) is 0 Å². The summed E-state index contributed by atoms with van der Waals surface area (Å²) in [6, 6.07) is 2.81. The number of rotatable bonds is 13. The van der Waals surface area contributed by atoms with E-state index in [4.69, 9.17) is 29.4 Å². The van der Waals surface area contributed by atoms with Crippen LogP contribution in [-0.4, -0.2) is 54.7 Å². The van der Waals surface area contributed by atoms with Crippen molar-refractivity contribution >= 4 is 24.2 Å². The molecule has 0 saturated heterocycles. The van der Waals surface area contributed by atoms with E-state index in [1.807, 2.05) is 48.5 Å². The third-order valence-electron chi connectivity index (χ3n) is 5.16. The van der Waals surface area contributed by atoms with Crippen LogP contribution in [0.2, 0.25) is 0 Å². The summed E-state index contributed by atoms with van der Waals surface area (Å²) in [5, 5.41) is 9.65. The summed E-state index contributed by atoms with van der Waals surface area (Å²) >= 11 is 0. The first-order chi connectivity index (χ1) is 18.0. The molecule has 220 valence electrons. The lowest BCUT2D eigenvalue weighted by atomic mass is 9.86. The second kappa shape index (κ2) is 15.3. The Morgan fingerprint density at radius 1 is 0.872 bits per heavy atom. The third kappa shape index (κ3) is 13.3. The van der Waals surface area contributed by atoms with Crippen molar-refractivity contribution < 1.29 is 48.0 Å². The van der Waals surface area contributed by atoms with Crippen LogP contribution in [0.25, 0.3) is 0 Å². The van der Waals surface area contributed by atoms with Gasteiger partial charge in [0.1, 0.15) is 6.04 Å². The lowest BCUT2D eigenvalue weighted by Gasteiger charge is -2.26. The van der Waals surface area contributed by atoms with Crippen molar-refractivity contribution in [3.05, 3.63) is 23.8 Å². The largest absolute Gasteiger partial charge is 0.513 e. The summed E-state index contributed by atoms with van der Waals surface area (Å²) in [5.74, 6) is -2.76. The minimum Gasteiger partial charge on any atom is -0.480 e. The molecular weight excluding hydrogens is 510 g/mol. The first-order valence-corrected chi connectivity index (χ1v) is 13.0. The van der Waals surface area contributed by atoms with Gasteiger partial charge in [-0.2, -0.15) is 0 Å². The van der Waals surface area contributed by atoms with E-state index in [1.165, 1.54) is 18.2 Å². The summed E-state index contributed by atoms with van der Waals surface area (Å²) in [4.78, 5) is 48.6. The number of carbonyl (C=O) groups is 4. The average Bonchev–Trinajstić information content (AvgIpc) is 2.79. The van der Waals surface area contributed by atoms with Gasteiger partial charge in [0.15, 0.2) is 11.5 Å². The van der Waals surface area contributed by atoms with Crippen LogP contribution in [0.4, 0.5) is 9.59 Å². The van der Waals surface area contributed by atoms with E-state index in [0.29, 0.717) is 5.56 Å². The SMILES string of the molecule is CC(C)COC(=O)Oc1ccc(C(CC(C)OC(=O)CC(C)(C)C)[C@H](N)C(=O)O)cc1OC(=O)OCC(C)C. The molecule has 1 rings (SSSR count). The van der Waals surface area contributed by atoms with Gasteiger partial charge in [0, 0.05) is 5.92 Å². The van der Waals surface area contributed by atoms with Crippen LogP contribution in [0.5, 0.6) is 11.5 Å². The zero-order chi connectivity index (χ0) is 29.9. The number of carbonyl (C=O) groups excluding carboxylic acids is 3. The Kier molecular flexibility index (Phi) is 13.2. The van der Waals surface area contributed by atoms with E-state index in [2.05, 4.69) is 0 Å². The first kappa shape index (κ1) is 33.7. The number of benzene rings is 1. The van der Waals surface area contributed by atoms with Crippen LogP contribution >= 0.6 is 0 Å². The van der Waals surface area contributed by atoms with Crippen LogP contribution in [0, 0.1) is 17.3 Å². The molecule has 0 heterocycles. The number of hydrogen-bond donors (Lipinski definition) is 2. The van der Waals surface area contributed by atoms with Crippen molar-refractivity contribution in [1.29, 1.82) is 0 Å². The van der Waals surface area contributed by atoms with Gasteiger partial charge < -0.3 is 34.5 Å². The predicted octanol–water partition coefficient (Wildman–Crippen LogP) is 5.28. The monoisotopic (exact) mass is 553 g/mol. The fourth-order valence-electron chi connectivity index (χ4n) is 3.39. The normalized spacial score (nSPS) is 13.8. The Morgan fingerprint density at radius 3 is 1.85 bits per heavy atom. The van der Waals surface area contributed by atoms with Crippen molar-refractivity contribution in [1.82, 2.24) is 0 Å². The van der Waals surface area contributed by atoms with Crippen LogP contribution < -0.4 is 15.2 Å². The zero-order valence-corrected chi connectivity index (χ0v) is 24.1. The average molecular weight is 554 g/mol. The van der Waals surface area contributed by atoms with Crippen molar-refractivity contribution in [2.24, 2.45) is 23.0 Å². The van der Waals surface area contributed by atoms with E-state index >= 15 is 0 Å². The first-order valence-electron chi connectivity index (χ1n) is 13.0. The van der Waals surface area contributed by atoms with E-state index < -0.39 is 42.3 Å². The molecule has 0 saturated carbocycles. The minimum absolute atomic E-state index is 0.0473. The van der Waals surface area contributed by atoms with Crippen LogP contribution in [0.1, 0.15) is 79.7 Å². The Morgan fingerprint density at radius 2 is 1.38 bits per heavy atom. The van der Waals surface area contributed by atoms with Gasteiger partial charge in [-0.25, -0.2) is 9.59 Å². The number of esters is 1. The van der Waals surface area contributed by atoms with Gasteiger partial charge >= 0.3 is 24.2 Å². The molecule has 39 heavy (non-hydrogen) atoms. The summed E-state index contributed by atoms with van der Waals surface area (Å²) in [6.45, 7) is 15.0. The van der Waals surface area contributed by atoms with E-state index in [9.17, 15) is 24.3 Å². The highest BCUT2D eigenvalue weighted by atomic mass is 16.7. The summed E-state index contributed by atoms with van der Waals surface area (Å²) in [6.07, 6.45) is -2.46. The van der Waals surface area contributed by atoms with Gasteiger partial charge in [-0.15, -0.1) is 0 Å². The number of nitrogens with two attached hydrogens (primary N) is 1. The van der Waals surface area contributed by atoms with E-state index in [-0.39, 0.29) is 54.8 Å². The van der Waals surface area contributed by atoms with Gasteiger partial charge in [-0.3, -0.25) is 9.59 Å².